The average molecular weight is 252 g/mol. The van der Waals surface area contributed by atoms with E-state index >= 15 is 0 Å². The van der Waals surface area contributed by atoms with E-state index in [2.05, 4.69) is 5.32 Å². The zero-order valence-electron chi connectivity index (χ0n) is 9.75. The van der Waals surface area contributed by atoms with Gasteiger partial charge in [0.2, 0.25) is 5.91 Å². The molecule has 0 bridgehead atoms. The molecule has 0 saturated heterocycles. The Hall–Kier alpha value is -1.57. The smallest absolute Gasteiger partial charge is 0.231 e. The summed E-state index contributed by atoms with van der Waals surface area (Å²) in [6, 6.07) is 6.71. The monoisotopic (exact) mass is 251 g/mol. The average Bonchev–Trinajstić information content (AvgIpc) is 2.31. The Labute approximate surface area is 105 Å². The number of nitrogens with one attached hydrogen (secondary N) is 1. The Morgan fingerprint density at radius 3 is 2.76 bits per heavy atom. The van der Waals surface area contributed by atoms with E-state index in [9.17, 15) is 4.79 Å². The molecular weight excluding hydrogens is 238 g/mol. The predicted molar refractivity (Wildman–Crippen MR) is 67.6 cm³/mol. The summed E-state index contributed by atoms with van der Waals surface area (Å²) >= 11 is 5.79. The van der Waals surface area contributed by atoms with Gasteiger partial charge in [-0.05, 0) is 32.0 Å². The lowest BCUT2D eigenvalue weighted by molar-refractivity contribution is -0.123. The highest BCUT2D eigenvalue weighted by atomic mass is 35.5. The van der Waals surface area contributed by atoms with Crippen molar-refractivity contribution in [3.05, 3.63) is 28.8 Å². The van der Waals surface area contributed by atoms with Crippen LogP contribution in [0.4, 0.5) is 5.69 Å². The van der Waals surface area contributed by atoms with Gasteiger partial charge in [-0.2, -0.15) is 5.26 Å². The third-order valence-corrected chi connectivity index (χ3v) is 2.80. The molecule has 0 unspecified atom stereocenters. The molecule has 0 aromatic heterocycles. The van der Waals surface area contributed by atoms with Crippen molar-refractivity contribution in [2.24, 2.45) is 11.1 Å². The van der Waals surface area contributed by atoms with Crippen LogP contribution < -0.4 is 11.1 Å². The van der Waals surface area contributed by atoms with Crippen LogP contribution in [0.2, 0.25) is 5.02 Å². The lowest BCUT2D eigenvalue weighted by Gasteiger charge is -2.21. The Bertz CT molecular complexity index is 477. The van der Waals surface area contributed by atoms with Gasteiger partial charge >= 0.3 is 0 Å². The number of hydrogen-bond acceptors (Lipinski definition) is 3. The van der Waals surface area contributed by atoms with Crippen molar-refractivity contribution in [3.8, 4) is 6.07 Å². The van der Waals surface area contributed by atoms with Crippen molar-refractivity contribution in [2.75, 3.05) is 11.9 Å². The number of carbonyl (C=O) groups excluding carboxylic acids is 1. The first-order valence-electron chi connectivity index (χ1n) is 5.12. The Kier molecular flexibility index (Phi) is 4.11. The molecule has 0 radical (unpaired) electrons. The van der Waals surface area contributed by atoms with Gasteiger partial charge in [0, 0.05) is 12.2 Å². The lowest BCUT2D eigenvalue weighted by Crippen LogP contribution is -2.37. The van der Waals surface area contributed by atoms with Crippen LogP contribution in [0.1, 0.15) is 19.4 Å². The first-order chi connectivity index (χ1) is 7.90. The molecule has 0 aliphatic heterocycles. The number of nitrogens with zero attached hydrogens (tertiary/aromatic N) is 1. The number of amides is 1. The second-order valence-electron chi connectivity index (χ2n) is 4.35. The molecule has 0 fully saturated rings. The van der Waals surface area contributed by atoms with E-state index in [1.165, 1.54) is 6.07 Å². The lowest BCUT2D eigenvalue weighted by atomic mass is 9.92. The van der Waals surface area contributed by atoms with Gasteiger partial charge < -0.3 is 11.1 Å². The first-order valence-corrected chi connectivity index (χ1v) is 5.49. The molecule has 1 aromatic carbocycles. The van der Waals surface area contributed by atoms with Crippen molar-refractivity contribution in [1.82, 2.24) is 0 Å². The molecule has 4 nitrogen and oxygen atoms in total. The highest BCUT2D eigenvalue weighted by Gasteiger charge is 2.25. The Morgan fingerprint density at radius 2 is 2.24 bits per heavy atom. The van der Waals surface area contributed by atoms with Crippen molar-refractivity contribution in [1.29, 1.82) is 5.26 Å². The molecule has 17 heavy (non-hydrogen) atoms. The van der Waals surface area contributed by atoms with Crippen LogP contribution in [0.25, 0.3) is 0 Å². The van der Waals surface area contributed by atoms with Gasteiger partial charge in [-0.3, -0.25) is 4.79 Å². The SMILES string of the molecule is CC(C)(CN)C(=O)Nc1ccc(Cl)c(C#N)c1. The van der Waals surface area contributed by atoms with E-state index in [-0.39, 0.29) is 12.5 Å². The van der Waals surface area contributed by atoms with Crippen LogP contribution in [0, 0.1) is 16.7 Å². The molecule has 90 valence electrons. The summed E-state index contributed by atoms with van der Waals surface area (Å²) < 4.78 is 0. The highest BCUT2D eigenvalue weighted by molar-refractivity contribution is 6.31. The largest absolute Gasteiger partial charge is 0.329 e. The number of anilines is 1. The van der Waals surface area contributed by atoms with Gasteiger partial charge in [0.05, 0.1) is 16.0 Å². The van der Waals surface area contributed by atoms with Crippen molar-refractivity contribution < 1.29 is 4.79 Å². The highest BCUT2D eigenvalue weighted by Crippen LogP contribution is 2.22. The molecule has 0 aliphatic rings. The quantitative estimate of drug-likeness (QED) is 0.864. The van der Waals surface area contributed by atoms with Gasteiger partial charge in [0.25, 0.3) is 0 Å². The number of halogens is 1. The molecule has 1 amide bonds. The fraction of sp³-hybridized carbons (Fsp3) is 0.333. The van der Waals surface area contributed by atoms with E-state index in [0.717, 1.165) is 0 Å². The number of rotatable bonds is 3. The van der Waals surface area contributed by atoms with Crippen molar-refractivity contribution >= 4 is 23.2 Å². The summed E-state index contributed by atoms with van der Waals surface area (Å²) in [6.07, 6.45) is 0. The molecule has 3 N–H and O–H groups in total. The van der Waals surface area contributed by atoms with Crippen LogP contribution >= 0.6 is 11.6 Å². The van der Waals surface area contributed by atoms with Crippen LogP contribution in [-0.2, 0) is 4.79 Å². The fourth-order valence-corrected chi connectivity index (χ4v) is 1.24. The van der Waals surface area contributed by atoms with Gasteiger partial charge in [-0.1, -0.05) is 11.6 Å². The number of hydrogen-bond donors (Lipinski definition) is 2. The van der Waals surface area contributed by atoms with Gasteiger partial charge in [0.1, 0.15) is 6.07 Å². The van der Waals surface area contributed by atoms with E-state index in [4.69, 9.17) is 22.6 Å². The Balaban J connectivity index is 2.91. The minimum absolute atomic E-state index is 0.189. The van der Waals surface area contributed by atoms with E-state index in [1.807, 2.05) is 6.07 Å². The number of nitriles is 1. The standard InChI is InChI=1S/C12H14ClN3O/c1-12(2,7-15)11(17)16-9-3-4-10(13)8(5-9)6-14/h3-5H,7,15H2,1-2H3,(H,16,17). The van der Waals surface area contributed by atoms with Crippen LogP contribution in [0.3, 0.4) is 0 Å². The molecule has 1 aromatic rings. The summed E-state index contributed by atoms with van der Waals surface area (Å²) in [7, 11) is 0. The van der Waals surface area contributed by atoms with Crippen LogP contribution in [-0.4, -0.2) is 12.5 Å². The van der Waals surface area contributed by atoms with Crippen LogP contribution in [0.5, 0.6) is 0 Å². The molecule has 0 heterocycles. The van der Waals surface area contributed by atoms with E-state index in [1.54, 1.807) is 26.0 Å². The van der Waals surface area contributed by atoms with E-state index < -0.39 is 5.41 Å². The van der Waals surface area contributed by atoms with Crippen molar-refractivity contribution in [3.63, 3.8) is 0 Å². The molecule has 0 saturated carbocycles. The molecule has 0 atom stereocenters. The van der Waals surface area contributed by atoms with Crippen molar-refractivity contribution in [2.45, 2.75) is 13.8 Å². The minimum Gasteiger partial charge on any atom is -0.329 e. The second kappa shape index (κ2) is 5.17. The summed E-state index contributed by atoms with van der Waals surface area (Å²) in [6.45, 7) is 3.75. The maximum atomic E-state index is 11.8. The number of nitrogens with two attached hydrogens (primary N) is 1. The molecular formula is C12H14ClN3O. The molecule has 0 spiro atoms. The first kappa shape index (κ1) is 13.5. The fourth-order valence-electron chi connectivity index (χ4n) is 1.08. The van der Waals surface area contributed by atoms with Gasteiger partial charge in [-0.15, -0.1) is 0 Å². The summed E-state index contributed by atoms with van der Waals surface area (Å²) in [5, 5.41) is 11.9. The maximum absolute atomic E-state index is 11.8. The number of carbonyl (C=O) groups is 1. The zero-order valence-corrected chi connectivity index (χ0v) is 10.5. The second-order valence-corrected chi connectivity index (χ2v) is 4.76. The zero-order chi connectivity index (χ0) is 13.1. The summed E-state index contributed by atoms with van der Waals surface area (Å²) in [4.78, 5) is 11.8. The predicted octanol–water partition coefficient (Wildman–Crippen LogP) is 2.14. The minimum atomic E-state index is -0.646. The summed E-state index contributed by atoms with van der Waals surface area (Å²) in [5.74, 6) is -0.189. The van der Waals surface area contributed by atoms with Gasteiger partial charge in [0.15, 0.2) is 0 Å². The maximum Gasteiger partial charge on any atom is 0.231 e. The number of benzene rings is 1. The molecule has 5 heteroatoms. The normalized spacial score (nSPS) is 10.8. The third-order valence-electron chi connectivity index (χ3n) is 2.47. The topological polar surface area (TPSA) is 78.9 Å². The Morgan fingerprint density at radius 1 is 1.59 bits per heavy atom. The van der Waals surface area contributed by atoms with Gasteiger partial charge in [-0.25, -0.2) is 0 Å². The third kappa shape index (κ3) is 3.19. The molecule has 0 aliphatic carbocycles. The van der Waals surface area contributed by atoms with Crippen LogP contribution in [0.15, 0.2) is 18.2 Å². The summed E-state index contributed by atoms with van der Waals surface area (Å²) in [5.41, 5.74) is 5.73. The van der Waals surface area contributed by atoms with E-state index in [0.29, 0.717) is 16.3 Å². The molecule has 1 rings (SSSR count).